The predicted molar refractivity (Wildman–Crippen MR) is 66.9 cm³/mol. The molecule has 98 valence electrons. The van der Waals surface area contributed by atoms with E-state index >= 15 is 0 Å². The maximum Gasteiger partial charge on any atom is 0.334 e. The van der Waals surface area contributed by atoms with Crippen LogP contribution in [0.25, 0.3) is 0 Å². The second kappa shape index (κ2) is 6.83. The molecule has 1 rings (SSSR count). The molecule has 1 aromatic rings. The molecule has 0 aliphatic carbocycles. The van der Waals surface area contributed by atoms with Gasteiger partial charge in [-0.05, 0) is 18.2 Å². The number of hydrogen-bond donors (Lipinski definition) is 3. The first-order valence-electron chi connectivity index (χ1n) is 5.09. The first kappa shape index (κ1) is 14.3. The number of nitrogens with one attached hydrogen (secondary N) is 2. The van der Waals surface area contributed by atoms with Gasteiger partial charge in [-0.25, -0.2) is 9.59 Å². The van der Waals surface area contributed by atoms with Gasteiger partial charge in [-0.1, -0.05) is 17.7 Å². The van der Waals surface area contributed by atoms with Crippen molar-refractivity contribution in [2.24, 2.45) is 0 Å². The number of hydrogen-bond acceptors (Lipinski definition) is 3. The Labute approximate surface area is 109 Å². The summed E-state index contributed by atoms with van der Waals surface area (Å²) in [5.74, 6) is -1.14. The van der Waals surface area contributed by atoms with Crippen LogP contribution in [-0.4, -0.2) is 36.9 Å². The van der Waals surface area contributed by atoms with E-state index in [4.69, 9.17) is 16.7 Å². The van der Waals surface area contributed by atoms with E-state index in [1.165, 1.54) is 7.11 Å². The number of ether oxygens (including phenoxy) is 1. The SMILES string of the molecule is COC(CNC(=O)Nc1cccc(Cl)c1)C(=O)O. The predicted octanol–water partition coefficient (Wildman–Crippen LogP) is 1.56. The molecule has 0 aliphatic heterocycles. The number of rotatable bonds is 5. The van der Waals surface area contributed by atoms with Crippen molar-refractivity contribution in [1.29, 1.82) is 0 Å². The molecule has 0 saturated carbocycles. The van der Waals surface area contributed by atoms with E-state index in [1.54, 1.807) is 24.3 Å². The first-order chi connectivity index (χ1) is 8.52. The molecule has 0 aliphatic rings. The van der Waals surface area contributed by atoms with Gasteiger partial charge >= 0.3 is 12.0 Å². The van der Waals surface area contributed by atoms with Gasteiger partial charge in [0, 0.05) is 17.8 Å². The number of carboxylic acid groups (broad SMARTS) is 1. The van der Waals surface area contributed by atoms with E-state index in [0.29, 0.717) is 10.7 Å². The third-order valence-corrected chi connectivity index (χ3v) is 2.33. The van der Waals surface area contributed by atoms with Crippen LogP contribution >= 0.6 is 11.6 Å². The number of methoxy groups -OCH3 is 1. The van der Waals surface area contributed by atoms with E-state index in [2.05, 4.69) is 15.4 Å². The van der Waals surface area contributed by atoms with E-state index in [9.17, 15) is 9.59 Å². The lowest BCUT2D eigenvalue weighted by Crippen LogP contribution is -2.39. The normalized spacial score (nSPS) is 11.7. The number of aliphatic carboxylic acids is 1. The van der Waals surface area contributed by atoms with E-state index in [0.717, 1.165) is 0 Å². The summed E-state index contributed by atoms with van der Waals surface area (Å²) in [6, 6.07) is 6.08. The van der Waals surface area contributed by atoms with Crippen molar-refractivity contribution in [3.63, 3.8) is 0 Å². The molecule has 1 atom stereocenters. The molecule has 0 radical (unpaired) electrons. The quantitative estimate of drug-likeness (QED) is 0.759. The van der Waals surface area contributed by atoms with Crippen LogP contribution in [0.4, 0.5) is 10.5 Å². The molecule has 7 heteroatoms. The van der Waals surface area contributed by atoms with Crippen LogP contribution in [-0.2, 0) is 9.53 Å². The maximum absolute atomic E-state index is 11.5. The van der Waals surface area contributed by atoms with Gasteiger partial charge < -0.3 is 20.5 Å². The summed E-state index contributed by atoms with van der Waals surface area (Å²) in [6.45, 7) is -0.127. The number of carboxylic acids is 1. The molecule has 0 aromatic heterocycles. The third kappa shape index (κ3) is 4.60. The van der Waals surface area contributed by atoms with Crippen molar-refractivity contribution >= 4 is 29.3 Å². The summed E-state index contributed by atoms with van der Waals surface area (Å²) >= 11 is 5.75. The highest BCUT2D eigenvalue weighted by atomic mass is 35.5. The number of benzene rings is 1. The van der Waals surface area contributed by atoms with Gasteiger partial charge in [-0.3, -0.25) is 0 Å². The van der Waals surface area contributed by atoms with Crippen LogP contribution in [0.2, 0.25) is 5.02 Å². The molecule has 1 aromatic carbocycles. The summed E-state index contributed by atoms with van der Waals surface area (Å²) in [5, 5.41) is 14.1. The Morgan fingerprint density at radius 2 is 2.22 bits per heavy atom. The average molecular weight is 273 g/mol. The molecule has 0 heterocycles. The van der Waals surface area contributed by atoms with E-state index in [1.807, 2.05) is 0 Å². The fourth-order valence-corrected chi connectivity index (χ4v) is 1.39. The minimum absolute atomic E-state index is 0.127. The van der Waals surface area contributed by atoms with Crippen molar-refractivity contribution in [3.05, 3.63) is 29.3 Å². The largest absolute Gasteiger partial charge is 0.479 e. The Hall–Kier alpha value is -1.79. The number of carbonyl (C=O) groups excluding carboxylic acids is 1. The number of halogens is 1. The molecular weight excluding hydrogens is 260 g/mol. The molecule has 1 unspecified atom stereocenters. The van der Waals surface area contributed by atoms with E-state index in [-0.39, 0.29) is 6.54 Å². The van der Waals surface area contributed by atoms with Gasteiger partial charge in [-0.2, -0.15) is 0 Å². The average Bonchev–Trinajstić information content (AvgIpc) is 2.29. The number of amides is 2. The molecule has 0 bridgehead atoms. The van der Waals surface area contributed by atoms with Crippen LogP contribution < -0.4 is 10.6 Å². The Morgan fingerprint density at radius 3 is 2.78 bits per heavy atom. The van der Waals surface area contributed by atoms with E-state index < -0.39 is 18.1 Å². The monoisotopic (exact) mass is 272 g/mol. The lowest BCUT2D eigenvalue weighted by Gasteiger charge is -2.12. The zero-order chi connectivity index (χ0) is 13.5. The molecule has 6 nitrogen and oxygen atoms in total. The summed E-state index contributed by atoms with van der Waals surface area (Å²) in [6.07, 6.45) is -1.07. The van der Waals surface area contributed by atoms with Crippen molar-refractivity contribution in [3.8, 4) is 0 Å². The van der Waals surface area contributed by atoms with Crippen molar-refractivity contribution in [1.82, 2.24) is 5.32 Å². The van der Waals surface area contributed by atoms with Gasteiger partial charge in [0.2, 0.25) is 0 Å². The van der Waals surface area contributed by atoms with Gasteiger partial charge in [-0.15, -0.1) is 0 Å². The number of anilines is 1. The minimum Gasteiger partial charge on any atom is -0.479 e. The number of urea groups is 1. The zero-order valence-corrected chi connectivity index (χ0v) is 10.4. The Kier molecular flexibility index (Phi) is 5.41. The molecule has 18 heavy (non-hydrogen) atoms. The van der Waals surface area contributed by atoms with Gasteiger partial charge in [0.1, 0.15) is 0 Å². The van der Waals surface area contributed by atoms with Crippen LogP contribution in [0.3, 0.4) is 0 Å². The van der Waals surface area contributed by atoms with Crippen molar-refractivity contribution in [2.45, 2.75) is 6.10 Å². The van der Waals surface area contributed by atoms with Crippen LogP contribution in [0.5, 0.6) is 0 Å². The molecule has 0 fully saturated rings. The molecule has 0 spiro atoms. The third-order valence-electron chi connectivity index (χ3n) is 2.09. The molecular formula is C11H13ClN2O4. The van der Waals surface area contributed by atoms with Crippen molar-refractivity contribution in [2.75, 3.05) is 19.0 Å². The summed E-state index contributed by atoms with van der Waals surface area (Å²) in [5.41, 5.74) is 0.518. The zero-order valence-electron chi connectivity index (χ0n) is 9.64. The van der Waals surface area contributed by atoms with Crippen molar-refractivity contribution < 1.29 is 19.4 Å². The minimum atomic E-state index is -1.14. The van der Waals surface area contributed by atoms with Crippen LogP contribution in [0.1, 0.15) is 0 Å². The van der Waals surface area contributed by atoms with Gasteiger partial charge in [0.15, 0.2) is 6.10 Å². The second-order valence-corrected chi connectivity index (χ2v) is 3.84. The smallest absolute Gasteiger partial charge is 0.334 e. The molecule has 2 amide bonds. The Morgan fingerprint density at radius 1 is 1.50 bits per heavy atom. The topological polar surface area (TPSA) is 87.7 Å². The Balaban J connectivity index is 2.45. The summed E-state index contributed by atoms with van der Waals surface area (Å²) < 4.78 is 4.67. The molecule has 0 saturated heterocycles. The summed E-state index contributed by atoms with van der Waals surface area (Å²) in [7, 11) is 1.26. The highest BCUT2D eigenvalue weighted by Gasteiger charge is 2.16. The maximum atomic E-state index is 11.5. The first-order valence-corrected chi connectivity index (χ1v) is 5.46. The van der Waals surface area contributed by atoms with Crippen LogP contribution in [0.15, 0.2) is 24.3 Å². The highest BCUT2D eigenvalue weighted by Crippen LogP contribution is 2.14. The van der Waals surface area contributed by atoms with Gasteiger partial charge in [0.25, 0.3) is 0 Å². The second-order valence-electron chi connectivity index (χ2n) is 3.41. The molecule has 3 N–H and O–H groups in total. The lowest BCUT2D eigenvalue weighted by molar-refractivity contribution is -0.147. The highest BCUT2D eigenvalue weighted by molar-refractivity contribution is 6.30. The lowest BCUT2D eigenvalue weighted by atomic mass is 10.3. The Bertz CT molecular complexity index is 439. The fourth-order valence-electron chi connectivity index (χ4n) is 1.20. The number of carbonyl (C=O) groups is 2. The standard InChI is InChI=1S/C11H13ClN2O4/c1-18-9(10(15)16)6-13-11(17)14-8-4-2-3-7(12)5-8/h2-5,9H,6H2,1H3,(H,15,16)(H2,13,14,17). The van der Waals surface area contributed by atoms with Gasteiger partial charge in [0.05, 0.1) is 6.54 Å². The van der Waals surface area contributed by atoms with Crippen LogP contribution in [0, 0.1) is 0 Å². The summed E-state index contributed by atoms with van der Waals surface area (Å²) in [4.78, 5) is 22.1. The fraction of sp³-hybridized carbons (Fsp3) is 0.273.